The van der Waals surface area contributed by atoms with Crippen molar-refractivity contribution >= 4 is 29.2 Å². The highest BCUT2D eigenvalue weighted by Gasteiger charge is 2.31. The molecule has 9 heteroatoms. The van der Waals surface area contributed by atoms with Crippen LogP contribution < -0.4 is 10.1 Å². The number of amides is 1. The van der Waals surface area contributed by atoms with Crippen molar-refractivity contribution < 1.29 is 32.6 Å². The maximum absolute atomic E-state index is 12.7. The van der Waals surface area contributed by atoms with Crippen molar-refractivity contribution in [2.24, 2.45) is 0 Å². The number of carboxylic acid groups (broad SMARTS) is 1. The SMILES string of the molecule is CC(C)(C)c1ccc(C(=O)Nc2cc(Cl)c(-c3ccc(OC(F)(F)F)cc3)cc2C(=O)O)cc1. The van der Waals surface area contributed by atoms with Crippen LogP contribution in [0.1, 0.15) is 47.1 Å². The number of carbonyl (C=O) groups excluding carboxylic acids is 1. The van der Waals surface area contributed by atoms with Crippen LogP contribution >= 0.6 is 11.6 Å². The Morgan fingerprint density at radius 1 is 0.941 bits per heavy atom. The van der Waals surface area contributed by atoms with Gasteiger partial charge in [-0.25, -0.2) is 4.79 Å². The van der Waals surface area contributed by atoms with E-state index in [1.165, 1.54) is 24.3 Å². The van der Waals surface area contributed by atoms with Crippen LogP contribution in [-0.2, 0) is 5.41 Å². The van der Waals surface area contributed by atoms with Gasteiger partial charge in [-0.3, -0.25) is 4.79 Å². The van der Waals surface area contributed by atoms with E-state index in [0.29, 0.717) is 11.1 Å². The van der Waals surface area contributed by atoms with Gasteiger partial charge in [0.1, 0.15) is 5.75 Å². The molecule has 0 aliphatic rings. The molecule has 3 aromatic carbocycles. The largest absolute Gasteiger partial charge is 0.573 e. The van der Waals surface area contributed by atoms with E-state index >= 15 is 0 Å². The first kappa shape index (κ1) is 25.1. The van der Waals surface area contributed by atoms with E-state index in [9.17, 15) is 27.9 Å². The average molecular weight is 492 g/mol. The molecule has 2 N–H and O–H groups in total. The lowest BCUT2D eigenvalue weighted by Gasteiger charge is -2.19. The van der Waals surface area contributed by atoms with Crippen molar-refractivity contribution in [2.75, 3.05) is 5.32 Å². The third-order valence-corrected chi connectivity index (χ3v) is 5.31. The minimum absolute atomic E-state index is 0.0110. The average Bonchev–Trinajstić information content (AvgIpc) is 2.73. The quantitative estimate of drug-likeness (QED) is 0.397. The van der Waals surface area contributed by atoms with Crippen molar-refractivity contribution in [1.29, 1.82) is 0 Å². The Morgan fingerprint density at radius 2 is 1.53 bits per heavy atom. The molecule has 0 saturated heterocycles. The predicted octanol–water partition coefficient (Wildman–Crippen LogP) is 7.15. The van der Waals surface area contributed by atoms with E-state index in [4.69, 9.17) is 11.6 Å². The molecule has 0 aliphatic heterocycles. The van der Waals surface area contributed by atoms with E-state index in [-0.39, 0.29) is 27.3 Å². The second kappa shape index (κ2) is 9.38. The Hall–Kier alpha value is -3.52. The molecule has 0 unspecified atom stereocenters. The van der Waals surface area contributed by atoms with Crippen LogP contribution in [0.15, 0.2) is 60.7 Å². The minimum atomic E-state index is -4.83. The van der Waals surface area contributed by atoms with E-state index in [0.717, 1.165) is 17.7 Å². The molecule has 0 aromatic heterocycles. The lowest BCUT2D eigenvalue weighted by Crippen LogP contribution is -2.17. The molecule has 0 atom stereocenters. The fraction of sp³-hybridized carbons (Fsp3) is 0.200. The molecule has 0 heterocycles. The van der Waals surface area contributed by atoms with Crippen LogP contribution in [0.2, 0.25) is 5.02 Å². The third kappa shape index (κ3) is 6.08. The zero-order valence-electron chi connectivity index (χ0n) is 18.5. The number of anilines is 1. The number of carbonyl (C=O) groups is 2. The molecule has 0 bridgehead atoms. The molecule has 3 aromatic rings. The fourth-order valence-corrected chi connectivity index (χ4v) is 3.50. The molecule has 34 heavy (non-hydrogen) atoms. The monoisotopic (exact) mass is 491 g/mol. The number of nitrogens with one attached hydrogen (secondary N) is 1. The van der Waals surface area contributed by atoms with Gasteiger partial charge in [-0.05, 0) is 52.9 Å². The van der Waals surface area contributed by atoms with Crippen molar-refractivity contribution in [3.05, 3.63) is 82.4 Å². The van der Waals surface area contributed by atoms with Crippen LogP contribution in [0, 0.1) is 0 Å². The summed E-state index contributed by atoms with van der Waals surface area (Å²) in [6.45, 7) is 6.13. The fourth-order valence-electron chi connectivity index (χ4n) is 3.23. The lowest BCUT2D eigenvalue weighted by atomic mass is 9.86. The molecule has 178 valence electrons. The van der Waals surface area contributed by atoms with Crippen LogP contribution in [0.3, 0.4) is 0 Å². The zero-order valence-corrected chi connectivity index (χ0v) is 19.2. The summed E-state index contributed by atoms with van der Waals surface area (Å²) in [4.78, 5) is 24.6. The first-order chi connectivity index (χ1) is 15.7. The van der Waals surface area contributed by atoms with Gasteiger partial charge in [0.15, 0.2) is 0 Å². The van der Waals surface area contributed by atoms with Crippen LogP contribution in [0.4, 0.5) is 18.9 Å². The smallest absolute Gasteiger partial charge is 0.478 e. The minimum Gasteiger partial charge on any atom is -0.478 e. The van der Waals surface area contributed by atoms with Crippen LogP contribution in [0.25, 0.3) is 11.1 Å². The molecule has 0 saturated carbocycles. The van der Waals surface area contributed by atoms with E-state index in [2.05, 4.69) is 10.1 Å². The van der Waals surface area contributed by atoms with Gasteiger partial charge in [0, 0.05) is 11.1 Å². The third-order valence-electron chi connectivity index (χ3n) is 5.00. The number of aromatic carboxylic acids is 1. The first-order valence-corrected chi connectivity index (χ1v) is 10.5. The van der Waals surface area contributed by atoms with Crippen LogP contribution in [0.5, 0.6) is 5.75 Å². The summed E-state index contributed by atoms with van der Waals surface area (Å²) in [6, 6.07) is 14.3. The second-order valence-corrected chi connectivity index (χ2v) is 8.94. The van der Waals surface area contributed by atoms with Gasteiger partial charge in [0.05, 0.1) is 16.3 Å². The molecule has 1 amide bonds. The number of ether oxygens (including phenoxy) is 1. The summed E-state index contributed by atoms with van der Waals surface area (Å²) >= 11 is 6.33. The van der Waals surface area contributed by atoms with Gasteiger partial charge in [-0.15, -0.1) is 13.2 Å². The summed E-state index contributed by atoms with van der Waals surface area (Å²) in [7, 11) is 0. The zero-order chi connectivity index (χ0) is 25.3. The molecule has 0 fully saturated rings. The van der Waals surface area contributed by atoms with Crippen molar-refractivity contribution in [2.45, 2.75) is 32.5 Å². The Morgan fingerprint density at radius 3 is 2.03 bits per heavy atom. The number of alkyl halides is 3. The maximum atomic E-state index is 12.7. The van der Waals surface area contributed by atoms with Gasteiger partial charge in [0.2, 0.25) is 0 Å². The van der Waals surface area contributed by atoms with Crippen LogP contribution in [-0.4, -0.2) is 23.3 Å². The summed E-state index contributed by atoms with van der Waals surface area (Å²) in [5.74, 6) is -2.25. The van der Waals surface area contributed by atoms with Gasteiger partial charge in [-0.2, -0.15) is 0 Å². The van der Waals surface area contributed by atoms with Gasteiger partial charge in [0.25, 0.3) is 5.91 Å². The molecule has 5 nitrogen and oxygen atoms in total. The van der Waals surface area contributed by atoms with E-state index < -0.39 is 24.0 Å². The summed E-state index contributed by atoms with van der Waals surface area (Å²) in [5.41, 5.74) is 1.69. The van der Waals surface area contributed by atoms with E-state index in [1.54, 1.807) is 12.1 Å². The number of benzene rings is 3. The lowest BCUT2D eigenvalue weighted by molar-refractivity contribution is -0.274. The first-order valence-electron chi connectivity index (χ1n) is 10.1. The second-order valence-electron chi connectivity index (χ2n) is 8.54. The summed E-state index contributed by atoms with van der Waals surface area (Å²) in [6.07, 6.45) is -4.83. The highest BCUT2D eigenvalue weighted by atomic mass is 35.5. The normalized spacial score (nSPS) is 11.7. The molecule has 0 spiro atoms. The van der Waals surface area contributed by atoms with Gasteiger partial charge in [-0.1, -0.05) is 56.6 Å². The molecule has 0 radical (unpaired) electrons. The Labute approximate surface area is 199 Å². The number of hydrogen-bond acceptors (Lipinski definition) is 3. The number of hydrogen-bond donors (Lipinski definition) is 2. The van der Waals surface area contributed by atoms with Gasteiger partial charge >= 0.3 is 12.3 Å². The topological polar surface area (TPSA) is 75.6 Å². The number of rotatable bonds is 5. The molecule has 3 rings (SSSR count). The Bertz CT molecular complexity index is 1220. The number of carboxylic acids is 1. The Balaban J connectivity index is 1.89. The van der Waals surface area contributed by atoms with Crippen molar-refractivity contribution in [1.82, 2.24) is 0 Å². The summed E-state index contributed by atoms with van der Waals surface area (Å²) < 4.78 is 41.0. The molecule has 0 aliphatic carbocycles. The molecular formula is C25H21ClF3NO4. The standard InChI is InChI=1S/C25H21ClF3NO4/c1-24(2,3)16-8-4-15(5-9-16)22(31)30-21-13-20(26)18(12-19(21)23(32)33)14-6-10-17(11-7-14)34-25(27,28)29/h4-13H,1-3H3,(H,30,31)(H,32,33). The number of halogens is 4. The predicted molar refractivity (Wildman–Crippen MR) is 124 cm³/mol. The van der Waals surface area contributed by atoms with Gasteiger partial charge < -0.3 is 15.2 Å². The van der Waals surface area contributed by atoms with Crippen molar-refractivity contribution in [3.63, 3.8) is 0 Å². The molecular weight excluding hydrogens is 471 g/mol. The highest BCUT2D eigenvalue weighted by molar-refractivity contribution is 6.34. The Kier molecular flexibility index (Phi) is 6.93. The van der Waals surface area contributed by atoms with E-state index in [1.807, 2.05) is 32.9 Å². The summed E-state index contributed by atoms with van der Waals surface area (Å²) in [5, 5.41) is 12.3. The highest BCUT2D eigenvalue weighted by Crippen LogP contribution is 2.35. The maximum Gasteiger partial charge on any atom is 0.573 e. The van der Waals surface area contributed by atoms with Crippen molar-refractivity contribution in [3.8, 4) is 16.9 Å².